The van der Waals surface area contributed by atoms with Crippen LogP contribution in [0.15, 0.2) is 20.5 Å². The maximum atomic E-state index is 14.4. The standard InChI is InChI=1S/C16H19BrFN3O2S/c1-24-16-20-14-12(15(22)21-16)11(8-10(17)13(14)18)23-7-5-9-4-2-3-6-19-9/h8-9,19H,2-7H2,1H3,(H,20,21,22). The highest BCUT2D eigenvalue weighted by atomic mass is 79.9. The molecule has 130 valence electrons. The van der Waals surface area contributed by atoms with Crippen LogP contribution in [0.5, 0.6) is 5.75 Å². The molecule has 0 bridgehead atoms. The number of thioether (sulfide) groups is 1. The van der Waals surface area contributed by atoms with Crippen LogP contribution in [-0.2, 0) is 0 Å². The minimum absolute atomic E-state index is 0.0308. The van der Waals surface area contributed by atoms with Crippen LogP contribution >= 0.6 is 27.7 Å². The number of aromatic amines is 1. The normalized spacial score (nSPS) is 18.0. The lowest BCUT2D eigenvalue weighted by molar-refractivity contribution is 0.270. The topological polar surface area (TPSA) is 67.0 Å². The van der Waals surface area contributed by atoms with Gasteiger partial charge in [0.1, 0.15) is 16.7 Å². The maximum absolute atomic E-state index is 14.4. The molecule has 8 heteroatoms. The third-order valence-corrected chi connectivity index (χ3v) is 5.31. The van der Waals surface area contributed by atoms with Gasteiger partial charge in [-0.2, -0.15) is 0 Å². The van der Waals surface area contributed by atoms with Crippen molar-refractivity contribution in [2.45, 2.75) is 36.9 Å². The van der Waals surface area contributed by atoms with Crippen molar-refractivity contribution in [2.75, 3.05) is 19.4 Å². The van der Waals surface area contributed by atoms with Gasteiger partial charge in [0.15, 0.2) is 11.0 Å². The molecule has 24 heavy (non-hydrogen) atoms. The third-order valence-electron chi connectivity index (χ3n) is 4.15. The SMILES string of the molecule is CSc1nc2c(F)c(Br)cc(OCCC3CCCCN3)c2c(=O)[nH]1. The number of piperidine rings is 1. The molecule has 1 aromatic heterocycles. The Morgan fingerprint density at radius 1 is 1.50 bits per heavy atom. The second-order valence-corrected chi connectivity index (χ2v) is 7.40. The van der Waals surface area contributed by atoms with E-state index in [4.69, 9.17) is 4.74 Å². The fourth-order valence-electron chi connectivity index (χ4n) is 2.90. The van der Waals surface area contributed by atoms with Crippen molar-refractivity contribution in [3.05, 3.63) is 26.7 Å². The van der Waals surface area contributed by atoms with Crippen molar-refractivity contribution in [1.29, 1.82) is 0 Å². The summed E-state index contributed by atoms with van der Waals surface area (Å²) in [6.07, 6.45) is 6.20. The summed E-state index contributed by atoms with van der Waals surface area (Å²) in [6, 6.07) is 1.94. The molecule has 1 fully saturated rings. The second kappa shape index (κ2) is 7.84. The number of hydrogen-bond donors (Lipinski definition) is 2. The molecule has 0 radical (unpaired) electrons. The molecule has 2 N–H and O–H groups in total. The zero-order chi connectivity index (χ0) is 17.1. The third kappa shape index (κ3) is 3.75. The molecule has 0 aliphatic carbocycles. The zero-order valence-electron chi connectivity index (χ0n) is 13.3. The molecule has 1 aliphatic heterocycles. The lowest BCUT2D eigenvalue weighted by Crippen LogP contribution is -2.35. The first-order valence-corrected chi connectivity index (χ1v) is 9.94. The Balaban J connectivity index is 1.87. The van der Waals surface area contributed by atoms with E-state index in [9.17, 15) is 9.18 Å². The van der Waals surface area contributed by atoms with Crippen LogP contribution in [0, 0.1) is 5.82 Å². The van der Waals surface area contributed by atoms with Gasteiger partial charge in [0.2, 0.25) is 0 Å². The number of nitrogens with one attached hydrogen (secondary N) is 2. The largest absolute Gasteiger partial charge is 0.493 e. The van der Waals surface area contributed by atoms with Crippen molar-refractivity contribution >= 4 is 38.6 Å². The molecule has 3 rings (SSSR count). The van der Waals surface area contributed by atoms with E-state index < -0.39 is 5.82 Å². The number of fused-ring (bicyclic) bond motifs is 1. The van der Waals surface area contributed by atoms with E-state index in [0.717, 1.165) is 19.4 Å². The smallest absolute Gasteiger partial charge is 0.263 e. The molecule has 0 saturated carbocycles. The summed E-state index contributed by atoms with van der Waals surface area (Å²) in [5.74, 6) is -0.191. The first-order valence-electron chi connectivity index (χ1n) is 7.92. The number of ether oxygens (including phenoxy) is 1. The zero-order valence-corrected chi connectivity index (χ0v) is 15.7. The molecule has 1 aliphatic rings. The monoisotopic (exact) mass is 415 g/mol. The van der Waals surface area contributed by atoms with Gasteiger partial charge in [0.05, 0.1) is 11.1 Å². The van der Waals surface area contributed by atoms with Gasteiger partial charge >= 0.3 is 0 Å². The van der Waals surface area contributed by atoms with Gasteiger partial charge in [-0.25, -0.2) is 9.37 Å². The molecule has 1 aromatic carbocycles. The summed E-state index contributed by atoms with van der Waals surface area (Å²) in [4.78, 5) is 19.2. The molecule has 1 atom stereocenters. The summed E-state index contributed by atoms with van der Waals surface area (Å²) < 4.78 is 20.4. The van der Waals surface area contributed by atoms with E-state index in [1.165, 1.54) is 30.7 Å². The quantitative estimate of drug-likeness (QED) is 0.577. The minimum atomic E-state index is -0.548. The number of benzene rings is 1. The highest BCUT2D eigenvalue weighted by Gasteiger charge is 2.18. The molecule has 2 aromatic rings. The lowest BCUT2D eigenvalue weighted by atomic mass is 10.0. The number of hydrogen-bond acceptors (Lipinski definition) is 5. The van der Waals surface area contributed by atoms with Crippen molar-refractivity contribution in [1.82, 2.24) is 15.3 Å². The van der Waals surface area contributed by atoms with E-state index in [0.29, 0.717) is 23.6 Å². The fourth-order valence-corrected chi connectivity index (χ4v) is 3.67. The summed E-state index contributed by atoms with van der Waals surface area (Å²) >= 11 is 4.44. The summed E-state index contributed by atoms with van der Waals surface area (Å²) in [5, 5.41) is 3.99. The van der Waals surface area contributed by atoms with Gasteiger partial charge in [-0.3, -0.25) is 4.79 Å². The highest BCUT2D eigenvalue weighted by molar-refractivity contribution is 9.10. The Labute approximate surface area is 151 Å². The van der Waals surface area contributed by atoms with E-state index in [1.807, 2.05) is 0 Å². The van der Waals surface area contributed by atoms with E-state index in [-0.39, 0.29) is 20.9 Å². The Morgan fingerprint density at radius 2 is 2.33 bits per heavy atom. The maximum Gasteiger partial charge on any atom is 0.263 e. The van der Waals surface area contributed by atoms with Crippen LogP contribution in [-0.4, -0.2) is 35.4 Å². The van der Waals surface area contributed by atoms with Gasteiger partial charge in [-0.05, 0) is 54.1 Å². The molecule has 1 saturated heterocycles. The van der Waals surface area contributed by atoms with Crippen LogP contribution in [0.2, 0.25) is 0 Å². The fraction of sp³-hybridized carbons (Fsp3) is 0.500. The van der Waals surface area contributed by atoms with Crippen LogP contribution in [0.3, 0.4) is 0 Å². The predicted octanol–water partition coefficient (Wildman–Crippen LogP) is 3.46. The number of rotatable bonds is 5. The van der Waals surface area contributed by atoms with Crippen molar-refractivity contribution < 1.29 is 9.13 Å². The first-order chi connectivity index (χ1) is 11.6. The molecule has 5 nitrogen and oxygen atoms in total. The molecule has 0 amide bonds. The van der Waals surface area contributed by atoms with Crippen molar-refractivity contribution in [3.63, 3.8) is 0 Å². The van der Waals surface area contributed by atoms with Gasteiger partial charge in [0.25, 0.3) is 5.56 Å². The van der Waals surface area contributed by atoms with Gasteiger partial charge < -0.3 is 15.0 Å². The van der Waals surface area contributed by atoms with Gasteiger partial charge in [0, 0.05) is 6.04 Å². The second-order valence-electron chi connectivity index (χ2n) is 5.75. The average Bonchev–Trinajstić information content (AvgIpc) is 2.59. The summed E-state index contributed by atoms with van der Waals surface area (Å²) in [7, 11) is 0. The Morgan fingerprint density at radius 3 is 3.04 bits per heavy atom. The molecule has 2 heterocycles. The summed E-state index contributed by atoms with van der Waals surface area (Å²) in [5.41, 5.74) is -0.357. The van der Waals surface area contributed by atoms with Gasteiger partial charge in [-0.15, -0.1) is 0 Å². The Bertz CT molecular complexity index is 793. The molecule has 1 unspecified atom stereocenters. The minimum Gasteiger partial charge on any atom is -0.493 e. The lowest BCUT2D eigenvalue weighted by Gasteiger charge is -2.23. The van der Waals surface area contributed by atoms with Crippen LogP contribution in [0.4, 0.5) is 4.39 Å². The first kappa shape index (κ1) is 17.7. The average molecular weight is 416 g/mol. The summed E-state index contributed by atoms with van der Waals surface area (Å²) in [6.45, 7) is 1.51. The van der Waals surface area contributed by atoms with Crippen LogP contribution in [0.1, 0.15) is 25.7 Å². The molecular weight excluding hydrogens is 397 g/mol. The number of aromatic nitrogens is 2. The van der Waals surface area contributed by atoms with Crippen LogP contribution in [0.25, 0.3) is 10.9 Å². The number of H-pyrrole nitrogens is 1. The molecule has 0 spiro atoms. The van der Waals surface area contributed by atoms with Crippen molar-refractivity contribution in [3.8, 4) is 5.75 Å². The van der Waals surface area contributed by atoms with E-state index in [2.05, 4.69) is 31.2 Å². The van der Waals surface area contributed by atoms with E-state index >= 15 is 0 Å². The number of nitrogens with zero attached hydrogens (tertiary/aromatic N) is 1. The number of halogens is 2. The Kier molecular flexibility index (Phi) is 5.78. The molecular formula is C16H19BrFN3O2S. The van der Waals surface area contributed by atoms with E-state index in [1.54, 1.807) is 6.26 Å². The van der Waals surface area contributed by atoms with Gasteiger partial charge in [-0.1, -0.05) is 18.2 Å². The predicted molar refractivity (Wildman–Crippen MR) is 97.6 cm³/mol. The Hall–Kier alpha value is -1.12. The van der Waals surface area contributed by atoms with Crippen LogP contribution < -0.4 is 15.6 Å². The van der Waals surface area contributed by atoms with Crippen molar-refractivity contribution in [2.24, 2.45) is 0 Å². The highest BCUT2D eigenvalue weighted by Crippen LogP contribution is 2.31.